The summed E-state index contributed by atoms with van der Waals surface area (Å²) in [4.78, 5) is 0. The van der Waals surface area contributed by atoms with Crippen molar-refractivity contribution in [3.63, 3.8) is 0 Å². The van der Waals surface area contributed by atoms with E-state index in [1.807, 2.05) is 0 Å². The zero-order chi connectivity index (χ0) is 8.10. The van der Waals surface area contributed by atoms with Crippen LogP contribution in [0.15, 0.2) is 0 Å². The maximum absolute atomic E-state index is 5.18. The largest absolute Gasteiger partial charge is 0.313 e. The van der Waals surface area contributed by atoms with Crippen LogP contribution in [0.3, 0.4) is 0 Å². The van der Waals surface area contributed by atoms with Crippen LogP contribution in [-0.2, 0) is 0 Å². The molecule has 62 valence electrons. The summed E-state index contributed by atoms with van der Waals surface area (Å²) in [5.74, 6) is 3.69. The van der Waals surface area contributed by atoms with E-state index in [0.29, 0.717) is 6.04 Å². The van der Waals surface area contributed by atoms with Crippen molar-refractivity contribution in [3.05, 3.63) is 0 Å². The Bertz CT molecular complexity index is 141. The highest BCUT2D eigenvalue weighted by Crippen LogP contribution is 2.31. The molecule has 1 fully saturated rings. The van der Waals surface area contributed by atoms with Crippen LogP contribution in [0.25, 0.3) is 0 Å². The van der Waals surface area contributed by atoms with Crippen LogP contribution in [0.4, 0.5) is 0 Å². The van der Waals surface area contributed by atoms with Crippen LogP contribution in [-0.4, -0.2) is 12.6 Å². The molecule has 0 aromatic carbocycles. The summed E-state index contributed by atoms with van der Waals surface area (Å²) in [5, 5.41) is 3.41. The SMILES string of the molecule is C#CCC(C)NCCC1CC1. The van der Waals surface area contributed by atoms with Gasteiger partial charge in [0.05, 0.1) is 0 Å². The normalized spacial score (nSPS) is 19.3. The smallest absolute Gasteiger partial charge is 0.0238 e. The quantitative estimate of drug-likeness (QED) is 0.591. The van der Waals surface area contributed by atoms with Gasteiger partial charge in [-0.25, -0.2) is 0 Å². The molecular formula is C10H17N. The standard InChI is InChI=1S/C10H17N/c1-3-4-9(2)11-8-7-10-5-6-10/h1,9-11H,4-8H2,2H3. The van der Waals surface area contributed by atoms with E-state index in [1.54, 1.807) is 0 Å². The van der Waals surface area contributed by atoms with E-state index in [0.717, 1.165) is 18.9 Å². The first-order valence-corrected chi connectivity index (χ1v) is 4.49. The molecule has 1 saturated carbocycles. The van der Waals surface area contributed by atoms with Gasteiger partial charge in [-0.05, 0) is 25.8 Å². The van der Waals surface area contributed by atoms with Gasteiger partial charge in [-0.2, -0.15) is 0 Å². The molecule has 1 N–H and O–H groups in total. The Kier molecular flexibility index (Phi) is 3.45. The van der Waals surface area contributed by atoms with Gasteiger partial charge in [0.2, 0.25) is 0 Å². The number of hydrogen-bond donors (Lipinski definition) is 1. The third-order valence-corrected chi connectivity index (χ3v) is 2.17. The van der Waals surface area contributed by atoms with Gasteiger partial charge in [0.1, 0.15) is 0 Å². The molecule has 0 heterocycles. The molecule has 0 aromatic rings. The summed E-state index contributed by atoms with van der Waals surface area (Å²) in [6.45, 7) is 3.29. The number of nitrogens with one attached hydrogen (secondary N) is 1. The van der Waals surface area contributed by atoms with Crippen LogP contribution in [0.1, 0.15) is 32.6 Å². The highest BCUT2D eigenvalue weighted by molar-refractivity contribution is 4.88. The third kappa shape index (κ3) is 4.06. The van der Waals surface area contributed by atoms with E-state index < -0.39 is 0 Å². The molecule has 0 aliphatic heterocycles. The van der Waals surface area contributed by atoms with Crippen LogP contribution < -0.4 is 5.32 Å². The van der Waals surface area contributed by atoms with E-state index in [9.17, 15) is 0 Å². The molecule has 1 rings (SSSR count). The Labute approximate surface area is 69.6 Å². The first kappa shape index (κ1) is 8.62. The van der Waals surface area contributed by atoms with Crippen LogP contribution in [0, 0.1) is 18.3 Å². The van der Waals surface area contributed by atoms with E-state index >= 15 is 0 Å². The summed E-state index contributed by atoms with van der Waals surface area (Å²) < 4.78 is 0. The van der Waals surface area contributed by atoms with Crippen molar-refractivity contribution in [2.45, 2.75) is 38.6 Å². The van der Waals surface area contributed by atoms with E-state index in [4.69, 9.17) is 6.42 Å². The summed E-state index contributed by atoms with van der Waals surface area (Å²) >= 11 is 0. The molecule has 1 aliphatic carbocycles. The van der Waals surface area contributed by atoms with E-state index in [-0.39, 0.29) is 0 Å². The van der Waals surface area contributed by atoms with Crippen LogP contribution >= 0.6 is 0 Å². The lowest BCUT2D eigenvalue weighted by molar-refractivity contribution is 0.530. The van der Waals surface area contributed by atoms with Crippen molar-refractivity contribution in [3.8, 4) is 12.3 Å². The fourth-order valence-electron chi connectivity index (χ4n) is 1.19. The Morgan fingerprint density at radius 3 is 2.91 bits per heavy atom. The molecule has 1 unspecified atom stereocenters. The molecule has 0 spiro atoms. The average molecular weight is 151 g/mol. The number of terminal acetylenes is 1. The Morgan fingerprint density at radius 2 is 2.36 bits per heavy atom. The monoisotopic (exact) mass is 151 g/mol. The summed E-state index contributed by atoms with van der Waals surface area (Å²) in [5.41, 5.74) is 0. The number of rotatable bonds is 5. The zero-order valence-corrected chi connectivity index (χ0v) is 7.27. The molecule has 0 bridgehead atoms. The van der Waals surface area contributed by atoms with Crippen molar-refractivity contribution in [2.75, 3.05) is 6.54 Å². The van der Waals surface area contributed by atoms with Crippen molar-refractivity contribution >= 4 is 0 Å². The fourth-order valence-corrected chi connectivity index (χ4v) is 1.19. The second-order valence-electron chi connectivity index (χ2n) is 3.50. The first-order valence-electron chi connectivity index (χ1n) is 4.49. The number of hydrogen-bond acceptors (Lipinski definition) is 1. The van der Waals surface area contributed by atoms with Crippen molar-refractivity contribution in [1.82, 2.24) is 5.32 Å². The molecule has 1 aliphatic rings. The maximum atomic E-state index is 5.18. The predicted molar refractivity (Wildman–Crippen MR) is 48.3 cm³/mol. The lowest BCUT2D eigenvalue weighted by Gasteiger charge is -2.09. The molecule has 1 nitrogen and oxygen atoms in total. The lowest BCUT2D eigenvalue weighted by Crippen LogP contribution is -2.26. The molecular weight excluding hydrogens is 134 g/mol. The Hall–Kier alpha value is -0.480. The topological polar surface area (TPSA) is 12.0 Å². The van der Waals surface area contributed by atoms with Crippen molar-refractivity contribution in [1.29, 1.82) is 0 Å². The van der Waals surface area contributed by atoms with Gasteiger partial charge < -0.3 is 5.32 Å². The van der Waals surface area contributed by atoms with Gasteiger partial charge in [0.15, 0.2) is 0 Å². The fraction of sp³-hybridized carbons (Fsp3) is 0.800. The van der Waals surface area contributed by atoms with Gasteiger partial charge in [0.25, 0.3) is 0 Å². The van der Waals surface area contributed by atoms with Gasteiger partial charge >= 0.3 is 0 Å². The summed E-state index contributed by atoms with van der Waals surface area (Å²) in [6, 6.07) is 0.499. The average Bonchev–Trinajstić information content (AvgIpc) is 2.72. The van der Waals surface area contributed by atoms with Gasteiger partial charge in [-0.3, -0.25) is 0 Å². The minimum atomic E-state index is 0.499. The second kappa shape index (κ2) is 4.41. The molecule has 0 radical (unpaired) electrons. The van der Waals surface area contributed by atoms with Crippen molar-refractivity contribution in [2.24, 2.45) is 5.92 Å². The Balaban J connectivity index is 1.88. The molecule has 0 aromatic heterocycles. The lowest BCUT2D eigenvalue weighted by atomic mass is 10.2. The minimum absolute atomic E-state index is 0.499. The van der Waals surface area contributed by atoms with Gasteiger partial charge in [-0.15, -0.1) is 12.3 Å². The van der Waals surface area contributed by atoms with Crippen LogP contribution in [0.2, 0.25) is 0 Å². The molecule has 11 heavy (non-hydrogen) atoms. The summed E-state index contributed by atoms with van der Waals surface area (Å²) in [6.07, 6.45) is 10.3. The minimum Gasteiger partial charge on any atom is -0.313 e. The molecule has 0 saturated heterocycles. The first-order chi connectivity index (χ1) is 5.33. The highest BCUT2D eigenvalue weighted by atomic mass is 14.9. The molecule has 1 heteroatoms. The third-order valence-electron chi connectivity index (χ3n) is 2.17. The van der Waals surface area contributed by atoms with Crippen molar-refractivity contribution < 1.29 is 0 Å². The summed E-state index contributed by atoms with van der Waals surface area (Å²) in [7, 11) is 0. The maximum Gasteiger partial charge on any atom is 0.0238 e. The van der Waals surface area contributed by atoms with Crippen LogP contribution in [0.5, 0.6) is 0 Å². The second-order valence-corrected chi connectivity index (χ2v) is 3.50. The van der Waals surface area contributed by atoms with E-state index in [2.05, 4.69) is 18.2 Å². The predicted octanol–water partition coefficient (Wildman–Crippen LogP) is 1.79. The zero-order valence-electron chi connectivity index (χ0n) is 7.27. The molecule has 0 amide bonds. The van der Waals surface area contributed by atoms with Gasteiger partial charge in [0, 0.05) is 12.5 Å². The highest BCUT2D eigenvalue weighted by Gasteiger charge is 2.20. The Morgan fingerprint density at radius 1 is 1.64 bits per heavy atom. The van der Waals surface area contributed by atoms with Gasteiger partial charge in [-0.1, -0.05) is 12.8 Å². The molecule has 1 atom stereocenters. The van der Waals surface area contributed by atoms with E-state index in [1.165, 1.54) is 19.3 Å².